The lowest BCUT2D eigenvalue weighted by molar-refractivity contribution is -0.124. The van der Waals surface area contributed by atoms with Crippen LogP contribution in [-0.2, 0) is 16.6 Å². The standard InChI is InChI=1S/C28H26N2O/c1-27(2)24-9-5-6-10-25(24)30-16-14-26(31)29-28(27,30)15-13-19-11-12-23-21(17-19)18-20-7-3-4-8-22(20)23/h3-13,15,17H,14,16,18H2,1-2H3,(H,29,31). The summed E-state index contributed by atoms with van der Waals surface area (Å²) in [7, 11) is 0. The first-order chi connectivity index (χ1) is 15.0. The van der Waals surface area contributed by atoms with Crippen molar-refractivity contribution in [2.45, 2.75) is 37.8 Å². The Morgan fingerprint density at radius 2 is 1.71 bits per heavy atom. The van der Waals surface area contributed by atoms with E-state index in [1.165, 1.54) is 39.1 Å². The summed E-state index contributed by atoms with van der Waals surface area (Å²) in [5.74, 6) is 0.117. The molecule has 0 saturated carbocycles. The number of rotatable bonds is 2. The number of hydrogen-bond acceptors (Lipinski definition) is 2. The highest BCUT2D eigenvalue weighted by Crippen LogP contribution is 2.52. The van der Waals surface area contributed by atoms with Gasteiger partial charge in [0.15, 0.2) is 0 Å². The third-order valence-corrected chi connectivity index (χ3v) is 7.47. The molecule has 3 nitrogen and oxygen atoms in total. The molecule has 0 aromatic heterocycles. The summed E-state index contributed by atoms with van der Waals surface area (Å²) >= 11 is 0. The Balaban J connectivity index is 1.41. The van der Waals surface area contributed by atoms with E-state index in [2.05, 4.69) is 103 Å². The predicted octanol–water partition coefficient (Wildman–Crippen LogP) is 5.29. The number of nitrogens with one attached hydrogen (secondary N) is 1. The van der Waals surface area contributed by atoms with Crippen molar-refractivity contribution in [3.05, 3.63) is 95.1 Å². The summed E-state index contributed by atoms with van der Waals surface area (Å²) in [6.45, 7) is 5.21. The first-order valence-electron chi connectivity index (χ1n) is 11.1. The minimum absolute atomic E-state index is 0.117. The van der Waals surface area contributed by atoms with Gasteiger partial charge in [0, 0.05) is 24.1 Å². The molecule has 0 radical (unpaired) electrons. The Kier molecular flexibility index (Phi) is 3.77. The molecule has 3 aliphatic rings. The third kappa shape index (κ3) is 2.49. The molecule has 0 spiro atoms. The van der Waals surface area contributed by atoms with Crippen LogP contribution in [0.5, 0.6) is 0 Å². The van der Waals surface area contributed by atoms with Gasteiger partial charge in [0.05, 0.1) is 0 Å². The molecule has 1 atom stereocenters. The maximum atomic E-state index is 12.6. The lowest BCUT2D eigenvalue weighted by Gasteiger charge is -2.49. The van der Waals surface area contributed by atoms with Gasteiger partial charge in [0.2, 0.25) is 5.91 Å². The zero-order valence-electron chi connectivity index (χ0n) is 18.0. The number of anilines is 1. The number of carbonyl (C=O) groups excluding carboxylic acids is 1. The zero-order chi connectivity index (χ0) is 21.2. The zero-order valence-corrected chi connectivity index (χ0v) is 18.0. The average Bonchev–Trinajstić information content (AvgIpc) is 3.23. The fraction of sp³-hybridized carbons (Fsp3) is 0.250. The van der Waals surface area contributed by atoms with Crippen LogP contribution in [0.2, 0.25) is 0 Å². The topological polar surface area (TPSA) is 32.3 Å². The van der Waals surface area contributed by atoms with Crippen molar-refractivity contribution < 1.29 is 4.79 Å². The maximum Gasteiger partial charge on any atom is 0.223 e. The Bertz CT molecular complexity index is 1260. The predicted molar refractivity (Wildman–Crippen MR) is 126 cm³/mol. The van der Waals surface area contributed by atoms with Crippen LogP contribution in [0.1, 0.15) is 42.5 Å². The van der Waals surface area contributed by atoms with E-state index in [0.29, 0.717) is 6.42 Å². The lowest BCUT2D eigenvalue weighted by Crippen LogP contribution is -2.68. The van der Waals surface area contributed by atoms with E-state index in [-0.39, 0.29) is 11.3 Å². The van der Waals surface area contributed by atoms with Crippen molar-refractivity contribution in [2.24, 2.45) is 0 Å². The Labute approximate surface area is 183 Å². The molecular formula is C28H26N2O. The molecule has 0 bridgehead atoms. The van der Waals surface area contributed by atoms with Gasteiger partial charge < -0.3 is 10.2 Å². The molecule has 31 heavy (non-hydrogen) atoms. The van der Waals surface area contributed by atoms with Crippen molar-refractivity contribution in [1.29, 1.82) is 0 Å². The molecule has 2 aliphatic heterocycles. The molecule has 3 aromatic carbocycles. The van der Waals surface area contributed by atoms with Gasteiger partial charge in [-0.1, -0.05) is 80.6 Å². The molecule has 3 aromatic rings. The van der Waals surface area contributed by atoms with Crippen molar-refractivity contribution in [1.82, 2.24) is 5.32 Å². The molecule has 2 heterocycles. The number of hydrogen-bond donors (Lipinski definition) is 1. The Morgan fingerprint density at radius 1 is 0.935 bits per heavy atom. The summed E-state index contributed by atoms with van der Waals surface area (Å²) in [6, 6.07) is 23.9. The minimum atomic E-state index is -0.562. The molecule has 1 N–H and O–H groups in total. The van der Waals surface area contributed by atoms with Crippen LogP contribution in [0.25, 0.3) is 17.2 Å². The molecule has 1 saturated heterocycles. The number of amides is 1. The molecule has 1 aliphatic carbocycles. The van der Waals surface area contributed by atoms with Crippen molar-refractivity contribution in [3.8, 4) is 11.1 Å². The van der Waals surface area contributed by atoms with Gasteiger partial charge in [0.25, 0.3) is 0 Å². The van der Waals surface area contributed by atoms with Gasteiger partial charge in [-0.2, -0.15) is 0 Å². The maximum absolute atomic E-state index is 12.6. The highest BCUT2D eigenvalue weighted by molar-refractivity contribution is 5.85. The second-order valence-electron chi connectivity index (χ2n) is 9.44. The van der Waals surface area contributed by atoms with Crippen molar-refractivity contribution in [3.63, 3.8) is 0 Å². The molecule has 1 fully saturated rings. The van der Waals surface area contributed by atoms with Gasteiger partial charge in [-0.05, 0) is 51.9 Å². The Hall–Kier alpha value is -3.33. The second-order valence-corrected chi connectivity index (χ2v) is 9.44. The fourth-order valence-electron chi connectivity index (χ4n) is 5.80. The van der Waals surface area contributed by atoms with E-state index in [1.807, 2.05) is 0 Å². The van der Waals surface area contributed by atoms with E-state index < -0.39 is 5.66 Å². The summed E-state index contributed by atoms with van der Waals surface area (Å²) in [5, 5.41) is 3.37. The lowest BCUT2D eigenvalue weighted by atomic mass is 9.74. The fourth-order valence-corrected chi connectivity index (χ4v) is 5.80. The summed E-state index contributed by atoms with van der Waals surface area (Å²) in [6.07, 6.45) is 5.92. The van der Waals surface area contributed by atoms with Gasteiger partial charge >= 0.3 is 0 Å². The van der Waals surface area contributed by atoms with Gasteiger partial charge in [0.1, 0.15) is 5.66 Å². The molecule has 1 unspecified atom stereocenters. The average molecular weight is 407 g/mol. The van der Waals surface area contributed by atoms with Gasteiger partial charge in [-0.3, -0.25) is 4.79 Å². The SMILES string of the molecule is CC1(C)c2ccccc2N2CCC(=O)NC21C=Cc1ccc2c(c1)Cc1ccccc1-2. The van der Waals surface area contributed by atoms with Crippen LogP contribution in [0, 0.1) is 0 Å². The number of nitrogens with zero attached hydrogens (tertiary/aromatic N) is 1. The molecule has 6 rings (SSSR count). The van der Waals surface area contributed by atoms with E-state index >= 15 is 0 Å². The first-order valence-corrected chi connectivity index (χ1v) is 11.1. The van der Waals surface area contributed by atoms with Crippen molar-refractivity contribution >= 4 is 17.7 Å². The van der Waals surface area contributed by atoms with E-state index in [9.17, 15) is 4.79 Å². The van der Waals surface area contributed by atoms with E-state index in [4.69, 9.17) is 0 Å². The Morgan fingerprint density at radius 3 is 2.61 bits per heavy atom. The second kappa shape index (κ2) is 6.34. The normalized spacial score (nSPS) is 22.6. The van der Waals surface area contributed by atoms with E-state index in [0.717, 1.165) is 13.0 Å². The van der Waals surface area contributed by atoms with Crippen LogP contribution >= 0.6 is 0 Å². The highest BCUT2D eigenvalue weighted by atomic mass is 16.2. The smallest absolute Gasteiger partial charge is 0.223 e. The first kappa shape index (κ1) is 18.4. The largest absolute Gasteiger partial charge is 0.344 e. The number of fused-ring (bicyclic) bond motifs is 6. The molecule has 1 amide bonds. The minimum Gasteiger partial charge on any atom is -0.344 e. The van der Waals surface area contributed by atoms with Crippen LogP contribution in [0.4, 0.5) is 5.69 Å². The number of para-hydroxylation sites is 1. The van der Waals surface area contributed by atoms with Crippen molar-refractivity contribution in [2.75, 3.05) is 11.4 Å². The highest BCUT2D eigenvalue weighted by Gasteiger charge is 2.57. The van der Waals surface area contributed by atoms with Gasteiger partial charge in [-0.25, -0.2) is 0 Å². The van der Waals surface area contributed by atoms with Crippen LogP contribution in [0.15, 0.2) is 72.8 Å². The van der Waals surface area contributed by atoms with Crippen LogP contribution in [0.3, 0.4) is 0 Å². The van der Waals surface area contributed by atoms with Crippen LogP contribution < -0.4 is 10.2 Å². The molecule has 3 heteroatoms. The summed E-state index contributed by atoms with van der Waals surface area (Å²) in [5.41, 5.74) is 8.34. The quantitative estimate of drug-likeness (QED) is 0.491. The number of carbonyl (C=O) groups is 1. The third-order valence-electron chi connectivity index (χ3n) is 7.47. The molecular weight excluding hydrogens is 380 g/mol. The number of benzene rings is 3. The monoisotopic (exact) mass is 406 g/mol. The molecule has 154 valence electrons. The summed E-state index contributed by atoms with van der Waals surface area (Å²) in [4.78, 5) is 14.9. The van der Waals surface area contributed by atoms with Gasteiger partial charge in [-0.15, -0.1) is 0 Å². The van der Waals surface area contributed by atoms with Crippen LogP contribution in [-0.4, -0.2) is 18.1 Å². The van der Waals surface area contributed by atoms with E-state index in [1.54, 1.807) is 0 Å². The summed E-state index contributed by atoms with van der Waals surface area (Å²) < 4.78 is 0.